The minimum Gasteiger partial charge on any atom is -0.481 e. The fraction of sp³-hybridized carbons (Fsp3) is 0.167. The molecule has 0 saturated carbocycles. The second-order valence-electron chi connectivity index (χ2n) is 3.91. The quantitative estimate of drug-likeness (QED) is 0.621. The van der Waals surface area contributed by atoms with E-state index in [1.54, 1.807) is 17.5 Å². The van der Waals surface area contributed by atoms with Crippen LogP contribution in [-0.4, -0.2) is 28.1 Å². The van der Waals surface area contributed by atoms with Gasteiger partial charge in [0, 0.05) is 17.0 Å². The van der Waals surface area contributed by atoms with Gasteiger partial charge in [0.15, 0.2) is 6.04 Å². The largest absolute Gasteiger partial charge is 0.481 e. The Morgan fingerprint density at radius 3 is 2.81 bits per heavy atom. The summed E-state index contributed by atoms with van der Waals surface area (Å²) in [5.74, 6) is -1.16. The fourth-order valence-electron chi connectivity index (χ4n) is 1.65. The number of carboxylic acids is 1. The van der Waals surface area contributed by atoms with Gasteiger partial charge in [-0.15, -0.1) is 11.3 Å². The topological polar surface area (TPSA) is 115 Å². The lowest BCUT2D eigenvalue weighted by molar-refractivity contribution is -0.384. The lowest BCUT2D eigenvalue weighted by atomic mass is 10.2. The molecule has 2 aromatic rings. The van der Waals surface area contributed by atoms with Crippen molar-refractivity contribution >= 4 is 28.8 Å². The van der Waals surface area contributed by atoms with Crippen LogP contribution in [0.4, 0.5) is 11.5 Å². The summed E-state index contributed by atoms with van der Waals surface area (Å²) >= 11 is 1.23. The molecule has 0 fully saturated rings. The molecule has 0 aliphatic carbocycles. The van der Waals surface area contributed by atoms with Crippen LogP contribution in [0, 0.1) is 10.1 Å². The number of pyridine rings is 1. The Morgan fingerprint density at radius 1 is 1.52 bits per heavy atom. The first-order valence-corrected chi connectivity index (χ1v) is 6.63. The standard InChI is InChI=1S/C12H11N3O5S/c1-20-9-5-4-7(15(18)19)11(13-9)14-10(12(16)17)8-3-2-6-21-8/h2-6,10H,1H3,(H,13,14)(H,16,17). The summed E-state index contributed by atoms with van der Waals surface area (Å²) in [6.45, 7) is 0. The van der Waals surface area contributed by atoms with Crippen molar-refractivity contribution in [2.24, 2.45) is 0 Å². The van der Waals surface area contributed by atoms with E-state index in [9.17, 15) is 20.0 Å². The lowest BCUT2D eigenvalue weighted by Gasteiger charge is -2.14. The number of rotatable bonds is 6. The van der Waals surface area contributed by atoms with E-state index < -0.39 is 16.9 Å². The van der Waals surface area contributed by atoms with Crippen molar-refractivity contribution in [2.75, 3.05) is 12.4 Å². The number of anilines is 1. The average molecular weight is 309 g/mol. The Hall–Kier alpha value is -2.68. The van der Waals surface area contributed by atoms with Gasteiger partial charge in [-0.25, -0.2) is 4.79 Å². The third-order valence-corrected chi connectivity index (χ3v) is 3.55. The van der Waals surface area contributed by atoms with Gasteiger partial charge in [-0.3, -0.25) is 10.1 Å². The van der Waals surface area contributed by atoms with Crippen LogP contribution in [0.15, 0.2) is 29.6 Å². The van der Waals surface area contributed by atoms with Crippen molar-refractivity contribution in [3.8, 4) is 5.88 Å². The number of nitro groups is 1. The number of nitrogens with zero attached hydrogens (tertiary/aromatic N) is 2. The normalized spacial score (nSPS) is 11.7. The maximum Gasteiger partial charge on any atom is 0.331 e. The molecule has 8 nitrogen and oxygen atoms in total. The summed E-state index contributed by atoms with van der Waals surface area (Å²) in [6.07, 6.45) is 0. The molecule has 9 heteroatoms. The molecule has 2 rings (SSSR count). The smallest absolute Gasteiger partial charge is 0.331 e. The average Bonchev–Trinajstić information content (AvgIpc) is 2.97. The third kappa shape index (κ3) is 3.26. The number of aliphatic carboxylic acids is 1. The molecule has 2 N–H and O–H groups in total. The van der Waals surface area contributed by atoms with E-state index in [0.29, 0.717) is 4.88 Å². The number of hydrogen-bond donors (Lipinski definition) is 2. The van der Waals surface area contributed by atoms with Gasteiger partial charge >= 0.3 is 11.7 Å². The second-order valence-corrected chi connectivity index (χ2v) is 4.89. The van der Waals surface area contributed by atoms with Crippen molar-refractivity contribution in [3.63, 3.8) is 0 Å². The highest BCUT2D eigenvalue weighted by atomic mass is 32.1. The van der Waals surface area contributed by atoms with Gasteiger partial charge in [0.25, 0.3) is 0 Å². The summed E-state index contributed by atoms with van der Waals surface area (Å²) < 4.78 is 4.90. The number of aromatic nitrogens is 1. The van der Waals surface area contributed by atoms with E-state index in [1.165, 1.54) is 30.6 Å². The van der Waals surface area contributed by atoms with E-state index in [4.69, 9.17) is 4.74 Å². The predicted octanol–water partition coefficient (Wildman–Crippen LogP) is 2.30. The molecule has 21 heavy (non-hydrogen) atoms. The van der Waals surface area contributed by atoms with Crippen LogP contribution >= 0.6 is 11.3 Å². The number of nitrogens with one attached hydrogen (secondary N) is 1. The first-order chi connectivity index (χ1) is 10.0. The van der Waals surface area contributed by atoms with E-state index >= 15 is 0 Å². The minimum absolute atomic E-state index is 0.151. The molecule has 0 saturated heterocycles. The van der Waals surface area contributed by atoms with Crippen LogP contribution in [0.2, 0.25) is 0 Å². The molecular formula is C12H11N3O5S. The van der Waals surface area contributed by atoms with Crippen LogP contribution in [0.1, 0.15) is 10.9 Å². The number of thiophene rings is 1. The maximum atomic E-state index is 11.4. The molecule has 2 heterocycles. The number of carbonyl (C=O) groups is 1. The Kier molecular flexibility index (Phi) is 4.33. The summed E-state index contributed by atoms with van der Waals surface area (Å²) in [5, 5.41) is 24.6. The van der Waals surface area contributed by atoms with Gasteiger partial charge in [0.2, 0.25) is 11.7 Å². The number of hydrogen-bond acceptors (Lipinski definition) is 7. The molecular weight excluding hydrogens is 298 g/mol. The highest BCUT2D eigenvalue weighted by Gasteiger charge is 2.26. The van der Waals surface area contributed by atoms with Crippen LogP contribution in [0.5, 0.6) is 5.88 Å². The van der Waals surface area contributed by atoms with Crippen molar-refractivity contribution in [3.05, 3.63) is 44.6 Å². The van der Waals surface area contributed by atoms with E-state index in [2.05, 4.69) is 10.3 Å². The first kappa shape index (κ1) is 14.7. The van der Waals surface area contributed by atoms with Crippen molar-refractivity contribution < 1.29 is 19.6 Å². The highest BCUT2D eigenvalue weighted by Crippen LogP contribution is 2.30. The van der Waals surface area contributed by atoms with Crippen LogP contribution < -0.4 is 10.1 Å². The SMILES string of the molecule is COc1ccc([N+](=O)[O-])c(NC(C(=O)O)c2cccs2)n1. The molecule has 1 atom stereocenters. The minimum atomic E-state index is -1.16. The fourth-order valence-corrected chi connectivity index (χ4v) is 2.42. The highest BCUT2D eigenvalue weighted by molar-refractivity contribution is 7.10. The predicted molar refractivity (Wildman–Crippen MR) is 75.8 cm³/mol. The van der Waals surface area contributed by atoms with E-state index in [1.807, 2.05) is 0 Å². The molecule has 0 spiro atoms. The van der Waals surface area contributed by atoms with Gasteiger partial charge < -0.3 is 15.2 Å². The van der Waals surface area contributed by atoms with E-state index in [-0.39, 0.29) is 17.4 Å². The zero-order chi connectivity index (χ0) is 15.4. The Labute approximate surface area is 123 Å². The molecule has 0 amide bonds. The zero-order valence-corrected chi connectivity index (χ0v) is 11.7. The maximum absolute atomic E-state index is 11.4. The van der Waals surface area contributed by atoms with Crippen molar-refractivity contribution in [2.45, 2.75) is 6.04 Å². The van der Waals surface area contributed by atoms with Gasteiger partial charge in [0.05, 0.1) is 12.0 Å². The summed E-state index contributed by atoms with van der Waals surface area (Å²) in [7, 11) is 1.37. The molecule has 0 aromatic carbocycles. The van der Waals surface area contributed by atoms with Gasteiger partial charge in [-0.2, -0.15) is 4.98 Å². The Morgan fingerprint density at radius 2 is 2.29 bits per heavy atom. The molecule has 110 valence electrons. The molecule has 2 aromatic heterocycles. The summed E-state index contributed by atoms with van der Waals surface area (Å²) in [5.41, 5.74) is -0.321. The van der Waals surface area contributed by atoms with Crippen LogP contribution in [-0.2, 0) is 4.79 Å². The third-order valence-electron chi connectivity index (χ3n) is 2.61. The van der Waals surface area contributed by atoms with Crippen LogP contribution in [0.25, 0.3) is 0 Å². The number of methoxy groups -OCH3 is 1. The van der Waals surface area contributed by atoms with Crippen molar-refractivity contribution in [1.82, 2.24) is 4.98 Å². The number of carboxylic acid groups (broad SMARTS) is 1. The van der Waals surface area contributed by atoms with Crippen LogP contribution in [0.3, 0.4) is 0 Å². The number of ether oxygens (including phenoxy) is 1. The van der Waals surface area contributed by atoms with Gasteiger partial charge in [0.1, 0.15) is 0 Å². The van der Waals surface area contributed by atoms with Gasteiger partial charge in [-0.05, 0) is 11.4 Å². The lowest BCUT2D eigenvalue weighted by Crippen LogP contribution is -2.20. The molecule has 0 radical (unpaired) electrons. The Balaban J connectivity index is 2.40. The second kappa shape index (κ2) is 6.18. The van der Waals surface area contributed by atoms with Crippen molar-refractivity contribution in [1.29, 1.82) is 0 Å². The molecule has 1 unspecified atom stereocenters. The van der Waals surface area contributed by atoms with Gasteiger partial charge in [-0.1, -0.05) is 6.07 Å². The zero-order valence-electron chi connectivity index (χ0n) is 10.8. The summed E-state index contributed by atoms with van der Waals surface area (Å²) in [4.78, 5) is 26.1. The monoisotopic (exact) mass is 309 g/mol. The molecule has 0 aliphatic rings. The molecule has 0 bridgehead atoms. The summed E-state index contributed by atoms with van der Waals surface area (Å²) in [6, 6.07) is 4.75. The molecule has 0 aliphatic heterocycles. The van der Waals surface area contributed by atoms with E-state index in [0.717, 1.165) is 0 Å². The Bertz CT molecular complexity index is 659. The first-order valence-electron chi connectivity index (χ1n) is 5.75.